The molecule has 0 aliphatic carbocycles. The van der Waals surface area contributed by atoms with Crippen LogP contribution in [0.3, 0.4) is 0 Å². The Kier molecular flexibility index (Phi) is 12.2. The van der Waals surface area contributed by atoms with Gasteiger partial charge in [-0.1, -0.05) is 24.6 Å². The van der Waals surface area contributed by atoms with Crippen LogP contribution >= 0.6 is 0 Å². The van der Waals surface area contributed by atoms with Gasteiger partial charge in [-0.15, -0.1) is 0 Å². The second-order valence-corrected chi connectivity index (χ2v) is 5.15. The summed E-state index contributed by atoms with van der Waals surface area (Å²) in [7, 11) is 0. The molecule has 1 aromatic carbocycles. The van der Waals surface area contributed by atoms with Crippen molar-refractivity contribution in [3.63, 3.8) is 0 Å². The van der Waals surface area contributed by atoms with Gasteiger partial charge in [0.1, 0.15) is 12.4 Å². The normalized spacial score (nSPS) is 11.1. The molecule has 1 atom stereocenters. The fourth-order valence-corrected chi connectivity index (χ4v) is 1.48. The minimum atomic E-state index is -1.82. The third kappa shape index (κ3) is 12.4. The Morgan fingerprint density at radius 2 is 1.67 bits per heavy atom. The molecule has 136 valence electrons. The van der Waals surface area contributed by atoms with E-state index in [1.807, 2.05) is 24.3 Å². The van der Waals surface area contributed by atoms with E-state index >= 15 is 0 Å². The Balaban J connectivity index is 0.000000754. The maximum Gasteiger partial charge on any atom is 0.414 e. The minimum Gasteiger partial charge on any atom is -0.491 e. The second kappa shape index (κ2) is 13.3. The van der Waals surface area contributed by atoms with Crippen LogP contribution in [0.1, 0.15) is 25.8 Å². The summed E-state index contributed by atoms with van der Waals surface area (Å²) in [5.74, 6) is -2.74. The molecular formula is C17H27NO6. The second-order valence-electron chi connectivity index (χ2n) is 5.15. The number of carboxylic acids is 2. The Morgan fingerprint density at radius 3 is 2.17 bits per heavy atom. The first-order chi connectivity index (χ1) is 11.4. The first kappa shape index (κ1) is 21.9. The molecule has 0 aliphatic rings. The van der Waals surface area contributed by atoms with E-state index in [0.29, 0.717) is 19.3 Å². The highest BCUT2D eigenvalue weighted by molar-refractivity contribution is 6.27. The summed E-state index contributed by atoms with van der Waals surface area (Å²) in [5, 5.41) is 18.2. The standard InChI is InChI=1S/C15H25NO2.C2H2O4/c1-4-14(3)16-9-10-17-11-12-18-15-7-5-13(2)6-8-15;3-1(4)2(5)6/h5-8,14,16H,4,9-12H2,1-3H3;(H,3,4)(H,5,6). The number of benzene rings is 1. The molecule has 0 fully saturated rings. The van der Waals surface area contributed by atoms with Crippen LogP contribution in [0.4, 0.5) is 0 Å². The third-order valence-corrected chi connectivity index (χ3v) is 3.05. The maximum atomic E-state index is 9.10. The molecule has 0 radical (unpaired) electrons. The quantitative estimate of drug-likeness (QED) is 0.465. The molecule has 0 heterocycles. The Hall–Kier alpha value is -2.12. The van der Waals surface area contributed by atoms with Crippen LogP contribution < -0.4 is 10.1 Å². The average molecular weight is 341 g/mol. The number of rotatable bonds is 9. The number of carbonyl (C=O) groups is 2. The minimum absolute atomic E-state index is 0.567. The number of aryl methyl sites for hydroxylation is 1. The zero-order valence-electron chi connectivity index (χ0n) is 14.4. The van der Waals surface area contributed by atoms with Crippen molar-refractivity contribution in [2.24, 2.45) is 0 Å². The molecule has 0 saturated heterocycles. The molecule has 1 rings (SSSR count). The summed E-state index contributed by atoms with van der Waals surface area (Å²) in [5.41, 5.74) is 1.25. The van der Waals surface area contributed by atoms with Crippen LogP contribution in [-0.2, 0) is 14.3 Å². The van der Waals surface area contributed by atoms with Crippen molar-refractivity contribution in [2.45, 2.75) is 33.2 Å². The van der Waals surface area contributed by atoms with E-state index in [4.69, 9.17) is 29.3 Å². The van der Waals surface area contributed by atoms with Crippen molar-refractivity contribution < 1.29 is 29.3 Å². The van der Waals surface area contributed by atoms with Crippen LogP contribution in [0.5, 0.6) is 5.75 Å². The third-order valence-electron chi connectivity index (χ3n) is 3.05. The van der Waals surface area contributed by atoms with Gasteiger partial charge in [0.15, 0.2) is 0 Å². The first-order valence-electron chi connectivity index (χ1n) is 7.83. The SMILES string of the molecule is CCC(C)NCCOCCOc1ccc(C)cc1.O=C(O)C(=O)O. The number of carboxylic acid groups (broad SMARTS) is 2. The van der Waals surface area contributed by atoms with Crippen LogP contribution in [0.15, 0.2) is 24.3 Å². The van der Waals surface area contributed by atoms with Crippen LogP contribution in [0.25, 0.3) is 0 Å². The lowest BCUT2D eigenvalue weighted by atomic mass is 10.2. The highest BCUT2D eigenvalue weighted by atomic mass is 16.5. The highest BCUT2D eigenvalue weighted by Crippen LogP contribution is 2.10. The van der Waals surface area contributed by atoms with Gasteiger partial charge in [0.25, 0.3) is 0 Å². The van der Waals surface area contributed by atoms with Gasteiger partial charge in [-0.25, -0.2) is 9.59 Å². The molecule has 0 amide bonds. The van der Waals surface area contributed by atoms with Gasteiger partial charge in [-0.3, -0.25) is 0 Å². The number of ether oxygens (including phenoxy) is 2. The predicted octanol–water partition coefficient (Wildman–Crippen LogP) is 1.93. The fourth-order valence-electron chi connectivity index (χ4n) is 1.48. The van der Waals surface area contributed by atoms with Crippen molar-refractivity contribution in [1.82, 2.24) is 5.32 Å². The van der Waals surface area contributed by atoms with Crippen molar-refractivity contribution in [3.8, 4) is 5.75 Å². The summed E-state index contributed by atoms with van der Waals surface area (Å²) in [6, 6.07) is 8.63. The van der Waals surface area contributed by atoms with Gasteiger partial charge in [-0.05, 0) is 32.4 Å². The predicted molar refractivity (Wildman–Crippen MR) is 90.5 cm³/mol. The summed E-state index contributed by atoms with van der Waals surface area (Å²) in [4.78, 5) is 18.2. The van der Waals surface area contributed by atoms with E-state index < -0.39 is 11.9 Å². The number of aliphatic carboxylic acids is 2. The van der Waals surface area contributed by atoms with Crippen LogP contribution in [0, 0.1) is 6.92 Å². The molecular weight excluding hydrogens is 314 g/mol. The molecule has 7 nitrogen and oxygen atoms in total. The molecule has 24 heavy (non-hydrogen) atoms. The van der Waals surface area contributed by atoms with Crippen LogP contribution in [-0.4, -0.2) is 54.6 Å². The van der Waals surface area contributed by atoms with Gasteiger partial charge >= 0.3 is 11.9 Å². The lowest BCUT2D eigenvalue weighted by Gasteiger charge is -2.11. The van der Waals surface area contributed by atoms with Gasteiger partial charge in [0, 0.05) is 12.6 Å². The Labute approximate surface area is 142 Å². The molecule has 1 unspecified atom stereocenters. The smallest absolute Gasteiger partial charge is 0.414 e. The topological polar surface area (TPSA) is 105 Å². The Morgan fingerprint density at radius 1 is 1.08 bits per heavy atom. The molecule has 0 saturated carbocycles. The largest absolute Gasteiger partial charge is 0.491 e. The summed E-state index contributed by atoms with van der Waals surface area (Å²) >= 11 is 0. The van der Waals surface area contributed by atoms with E-state index in [1.54, 1.807) is 0 Å². The van der Waals surface area contributed by atoms with Crippen molar-refractivity contribution in [1.29, 1.82) is 0 Å². The van der Waals surface area contributed by atoms with E-state index in [-0.39, 0.29) is 0 Å². The summed E-state index contributed by atoms with van der Waals surface area (Å²) in [6.45, 7) is 9.30. The monoisotopic (exact) mass is 341 g/mol. The van der Waals surface area contributed by atoms with Gasteiger partial charge in [-0.2, -0.15) is 0 Å². The van der Waals surface area contributed by atoms with Gasteiger partial charge in [0.2, 0.25) is 0 Å². The van der Waals surface area contributed by atoms with E-state index in [1.165, 1.54) is 5.56 Å². The average Bonchev–Trinajstić information content (AvgIpc) is 2.55. The molecule has 0 aliphatic heterocycles. The summed E-state index contributed by atoms with van der Waals surface area (Å²) < 4.78 is 11.1. The maximum absolute atomic E-state index is 9.10. The highest BCUT2D eigenvalue weighted by Gasteiger charge is 2.04. The van der Waals surface area contributed by atoms with Gasteiger partial charge < -0.3 is 25.0 Å². The lowest BCUT2D eigenvalue weighted by Crippen LogP contribution is -2.29. The van der Waals surface area contributed by atoms with E-state index in [9.17, 15) is 0 Å². The van der Waals surface area contributed by atoms with Crippen molar-refractivity contribution in [3.05, 3.63) is 29.8 Å². The zero-order valence-corrected chi connectivity index (χ0v) is 14.4. The molecule has 1 aromatic rings. The number of nitrogens with one attached hydrogen (secondary N) is 1. The molecule has 0 spiro atoms. The Bertz CT molecular complexity index is 462. The molecule has 0 bridgehead atoms. The molecule has 3 N–H and O–H groups in total. The van der Waals surface area contributed by atoms with Crippen LogP contribution in [0.2, 0.25) is 0 Å². The van der Waals surface area contributed by atoms with Gasteiger partial charge in [0.05, 0.1) is 13.2 Å². The molecule has 0 aromatic heterocycles. The lowest BCUT2D eigenvalue weighted by molar-refractivity contribution is -0.159. The number of hydrogen-bond donors (Lipinski definition) is 3. The zero-order chi connectivity index (χ0) is 18.4. The molecule has 7 heteroatoms. The first-order valence-corrected chi connectivity index (χ1v) is 7.83. The van der Waals surface area contributed by atoms with Crippen molar-refractivity contribution in [2.75, 3.05) is 26.4 Å². The summed E-state index contributed by atoms with van der Waals surface area (Å²) in [6.07, 6.45) is 1.15. The van der Waals surface area contributed by atoms with E-state index in [2.05, 4.69) is 26.1 Å². The van der Waals surface area contributed by atoms with E-state index in [0.717, 1.165) is 25.3 Å². The number of hydrogen-bond acceptors (Lipinski definition) is 5. The fraction of sp³-hybridized carbons (Fsp3) is 0.529. The van der Waals surface area contributed by atoms with Crippen molar-refractivity contribution >= 4 is 11.9 Å².